The predicted molar refractivity (Wildman–Crippen MR) is 73.8 cm³/mol. The van der Waals surface area contributed by atoms with E-state index in [4.69, 9.17) is 27.9 Å². The summed E-state index contributed by atoms with van der Waals surface area (Å²) in [6.07, 6.45) is 0. The average Bonchev–Trinajstić information content (AvgIpc) is 2.58. The van der Waals surface area contributed by atoms with Gasteiger partial charge < -0.3 is 4.74 Å². The number of aromatic nitrogens is 2. The van der Waals surface area contributed by atoms with Gasteiger partial charge in [-0.05, 0) is 19.9 Å². The highest BCUT2D eigenvalue weighted by molar-refractivity contribution is 6.32. The van der Waals surface area contributed by atoms with E-state index in [1.165, 1.54) is 0 Å². The number of para-hydroxylation sites is 1. The number of ether oxygens (including phenoxy) is 1. The molecular formula is C13H14Cl2N2O. The van der Waals surface area contributed by atoms with Gasteiger partial charge in [0.2, 0.25) is 0 Å². The third-order valence-corrected chi connectivity index (χ3v) is 3.42. The summed E-state index contributed by atoms with van der Waals surface area (Å²) in [6, 6.07) is 5.54. The summed E-state index contributed by atoms with van der Waals surface area (Å²) >= 11 is 12.1. The zero-order valence-electron chi connectivity index (χ0n) is 10.5. The Morgan fingerprint density at radius 2 is 2.00 bits per heavy atom. The van der Waals surface area contributed by atoms with Gasteiger partial charge in [0.25, 0.3) is 0 Å². The molecule has 0 aliphatic rings. The molecule has 18 heavy (non-hydrogen) atoms. The molecule has 5 heteroatoms. The highest BCUT2D eigenvalue weighted by Gasteiger charge is 2.15. The topological polar surface area (TPSA) is 27.1 Å². The molecule has 0 saturated carbocycles. The van der Waals surface area contributed by atoms with Crippen molar-refractivity contribution >= 4 is 23.2 Å². The zero-order chi connectivity index (χ0) is 13.3. The molecule has 0 fully saturated rings. The van der Waals surface area contributed by atoms with Crippen LogP contribution < -0.4 is 4.74 Å². The molecule has 2 rings (SSSR count). The first-order valence-electron chi connectivity index (χ1n) is 5.56. The number of nitrogens with zero attached hydrogens (tertiary/aromatic N) is 2. The Kier molecular flexibility index (Phi) is 3.83. The summed E-state index contributed by atoms with van der Waals surface area (Å²) < 4.78 is 7.69. The minimum absolute atomic E-state index is 0.355. The fourth-order valence-corrected chi connectivity index (χ4v) is 2.22. The first-order valence-corrected chi connectivity index (χ1v) is 6.47. The number of aryl methyl sites for hydroxylation is 2. The van der Waals surface area contributed by atoms with E-state index in [9.17, 15) is 0 Å². The number of alkyl halides is 1. The second-order valence-corrected chi connectivity index (χ2v) is 4.76. The van der Waals surface area contributed by atoms with Gasteiger partial charge in [0, 0.05) is 12.6 Å². The lowest BCUT2D eigenvalue weighted by Gasteiger charge is -2.11. The first kappa shape index (κ1) is 13.2. The van der Waals surface area contributed by atoms with Gasteiger partial charge in [-0.15, -0.1) is 11.6 Å². The van der Waals surface area contributed by atoms with Crippen LogP contribution >= 0.6 is 23.2 Å². The van der Waals surface area contributed by atoms with Crippen LogP contribution in [-0.2, 0) is 12.9 Å². The Balaban J connectivity index is 2.46. The summed E-state index contributed by atoms with van der Waals surface area (Å²) in [6.45, 7) is 3.85. The third kappa shape index (κ3) is 2.33. The Morgan fingerprint density at radius 3 is 2.56 bits per heavy atom. The highest BCUT2D eigenvalue weighted by atomic mass is 35.5. The summed E-state index contributed by atoms with van der Waals surface area (Å²) in [4.78, 5) is 0. The molecule has 1 aromatic heterocycles. The monoisotopic (exact) mass is 284 g/mol. The Labute approximate surface area is 116 Å². The van der Waals surface area contributed by atoms with Crippen LogP contribution in [0.1, 0.15) is 17.0 Å². The van der Waals surface area contributed by atoms with E-state index in [2.05, 4.69) is 5.10 Å². The molecule has 0 N–H and O–H groups in total. The lowest BCUT2D eigenvalue weighted by molar-refractivity contribution is 0.470. The SMILES string of the molecule is Cc1nn(C)c(C)c1Oc1c(Cl)cccc1CCl. The van der Waals surface area contributed by atoms with Crippen LogP contribution in [0, 0.1) is 13.8 Å². The van der Waals surface area contributed by atoms with Crippen molar-refractivity contribution in [1.82, 2.24) is 9.78 Å². The molecule has 0 aliphatic carbocycles. The largest absolute Gasteiger partial charge is 0.452 e. The lowest BCUT2D eigenvalue weighted by Crippen LogP contribution is -1.94. The van der Waals surface area contributed by atoms with E-state index in [0.29, 0.717) is 16.7 Å². The summed E-state index contributed by atoms with van der Waals surface area (Å²) in [5.41, 5.74) is 2.65. The minimum Gasteiger partial charge on any atom is -0.452 e. The molecule has 0 spiro atoms. The Bertz CT molecular complexity index is 579. The molecule has 1 aromatic carbocycles. The second-order valence-electron chi connectivity index (χ2n) is 4.09. The van der Waals surface area contributed by atoms with E-state index >= 15 is 0 Å². The van der Waals surface area contributed by atoms with Crippen LogP contribution in [0.25, 0.3) is 0 Å². The van der Waals surface area contributed by atoms with Crippen molar-refractivity contribution < 1.29 is 4.74 Å². The van der Waals surface area contributed by atoms with E-state index in [1.807, 2.05) is 33.0 Å². The van der Waals surface area contributed by atoms with Gasteiger partial charge >= 0.3 is 0 Å². The number of halogens is 2. The molecule has 1 heterocycles. The standard InChI is InChI=1S/C13H14Cl2N2O/c1-8-12(9(2)17(3)16-8)18-13-10(7-14)5-4-6-11(13)15/h4-6H,7H2,1-3H3. The normalized spacial score (nSPS) is 10.7. The second kappa shape index (κ2) is 5.21. The molecule has 0 radical (unpaired) electrons. The van der Waals surface area contributed by atoms with Crippen LogP contribution in [0.2, 0.25) is 5.02 Å². The maximum Gasteiger partial charge on any atom is 0.171 e. The maximum atomic E-state index is 6.16. The molecule has 0 amide bonds. The van der Waals surface area contributed by atoms with Gasteiger partial charge in [0.15, 0.2) is 11.5 Å². The molecule has 0 aliphatic heterocycles. The van der Waals surface area contributed by atoms with Crippen LogP contribution in [0.3, 0.4) is 0 Å². The number of benzene rings is 1. The Hall–Kier alpha value is -1.19. The third-order valence-electron chi connectivity index (χ3n) is 2.84. The van der Waals surface area contributed by atoms with E-state index < -0.39 is 0 Å². The van der Waals surface area contributed by atoms with Crippen molar-refractivity contribution in [2.45, 2.75) is 19.7 Å². The van der Waals surface area contributed by atoms with Crippen LogP contribution in [0.5, 0.6) is 11.5 Å². The molecular weight excluding hydrogens is 271 g/mol. The van der Waals surface area contributed by atoms with Crippen LogP contribution in [0.4, 0.5) is 0 Å². The van der Waals surface area contributed by atoms with Crippen molar-refractivity contribution in [1.29, 1.82) is 0 Å². The predicted octanol–water partition coefficient (Wildman–Crippen LogP) is 4.22. The molecule has 0 bridgehead atoms. The molecule has 3 nitrogen and oxygen atoms in total. The van der Waals surface area contributed by atoms with E-state index in [1.54, 1.807) is 10.7 Å². The van der Waals surface area contributed by atoms with Gasteiger partial charge in [-0.25, -0.2) is 0 Å². The summed E-state index contributed by atoms with van der Waals surface area (Å²) in [5, 5.41) is 4.86. The van der Waals surface area contributed by atoms with Gasteiger partial charge in [0.1, 0.15) is 5.69 Å². The first-order chi connectivity index (χ1) is 8.54. The molecule has 0 unspecified atom stereocenters. The Morgan fingerprint density at radius 1 is 1.28 bits per heavy atom. The highest BCUT2D eigenvalue weighted by Crippen LogP contribution is 2.36. The number of hydrogen-bond acceptors (Lipinski definition) is 2. The maximum absolute atomic E-state index is 6.16. The zero-order valence-corrected chi connectivity index (χ0v) is 12.0. The van der Waals surface area contributed by atoms with Crippen molar-refractivity contribution in [3.63, 3.8) is 0 Å². The fourth-order valence-electron chi connectivity index (χ4n) is 1.78. The van der Waals surface area contributed by atoms with Gasteiger partial charge in [-0.1, -0.05) is 23.7 Å². The molecule has 0 saturated heterocycles. The smallest absolute Gasteiger partial charge is 0.171 e. The van der Waals surface area contributed by atoms with Crippen molar-refractivity contribution in [2.75, 3.05) is 0 Å². The number of hydrogen-bond donors (Lipinski definition) is 0. The molecule has 0 atom stereocenters. The van der Waals surface area contributed by atoms with Crippen LogP contribution in [-0.4, -0.2) is 9.78 Å². The van der Waals surface area contributed by atoms with Gasteiger partial charge in [-0.3, -0.25) is 4.68 Å². The average molecular weight is 285 g/mol. The lowest BCUT2D eigenvalue weighted by atomic mass is 10.2. The van der Waals surface area contributed by atoms with E-state index in [0.717, 1.165) is 22.7 Å². The van der Waals surface area contributed by atoms with Gasteiger partial charge in [-0.2, -0.15) is 5.10 Å². The molecule has 96 valence electrons. The molecule has 2 aromatic rings. The van der Waals surface area contributed by atoms with Crippen LogP contribution in [0.15, 0.2) is 18.2 Å². The summed E-state index contributed by atoms with van der Waals surface area (Å²) in [7, 11) is 1.88. The van der Waals surface area contributed by atoms with E-state index in [-0.39, 0.29) is 0 Å². The fraction of sp³-hybridized carbons (Fsp3) is 0.308. The number of rotatable bonds is 3. The van der Waals surface area contributed by atoms with Crippen molar-refractivity contribution in [2.24, 2.45) is 7.05 Å². The quantitative estimate of drug-likeness (QED) is 0.789. The van der Waals surface area contributed by atoms with Gasteiger partial charge in [0.05, 0.1) is 16.6 Å². The summed E-state index contributed by atoms with van der Waals surface area (Å²) in [5.74, 6) is 1.69. The van der Waals surface area contributed by atoms with Crippen molar-refractivity contribution in [3.05, 3.63) is 40.2 Å². The van der Waals surface area contributed by atoms with Crippen molar-refractivity contribution in [3.8, 4) is 11.5 Å². The minimum atomic E-state index is 0.355.